The van der Waals surface area contributed by atoms with E-state index in [4.69, 9.17) is 10.2 Å². The van der Waals surface area contributed by atoms with Crippen molar-refractivity contribution >= 4 is 11.9 Å². The Balaban J connectivity index is 2.83. The summed E-state index contributed by atoms with van der Waals surface area (Å²) in [6.45, 7) is -0.885. The van der Waals surface area contributed by atoms with E-state index in [1.807, 2.05) is 5.32 Å². The van der Waals surface area contributed by atoms with E-state index < -0.39 is 35.7 Å². The fraction of sp³-hybridized carbons (Fsp3) is 0.273. The minimum atomic E-state index is -1.85. The molecule has 0 bridgehead atoms. The molecule has 0 aromatic heterocycles. The van der Waals surface area contributed by atoms with Crippen molar-refractivity contribution in [3.05, 3.63) is 45.5 Å². The van der Waals surface area contributed by atoms with Crippen LogP contribution >= 0.6 is 0 Å². The van der Waals surface area contributed by atoms with Crippen molar-refractivity contribution in [3.63, 3.8) is 0 Å². The van der Waals surface area contributed by atoms with Crippen LogP contribution < -0.4 is 5.32 Å². The molecule has 20 heavy (non-hydrogen) atoms. The molecule has 2 unspecified atom stereocenters. The Hall–Kier alpha value is -2.52. The monoisotopic (exact) mass is 284 g/mol. The lowest BCUT2D eigenvalue weighted by Gasteiger charge is -2.15. The lowest BCUT2D eigenvalue weighted by molar-refractivity contribution is -0.539. The van der Waals surface area contributed by atoms with E-state index in [-0.39, 0.29) is 11.1 Å². The quantitative estimate of drug-likeness (QED) is 0.299. The van der Waals surface area contributed by atoms with Gasteiger partial charge < -0.3 is 15.3 Å². The number of aliphatic hydroxyl groups excluding tert-OH is 2. The first-order valence-electron chi connectivity index (χ1n) is 5.43. The maximum atomic E-state index is 11.7. The van der Waals surface area contributed by atoms with Crippen molar-refractivity contribution in [2.75, 3.05) is 6.61 Å². The maximum absolute atomic E-state index is 11.7. The number of amides is 1. The van der Waals surface area contributed by atoms with Crippen LogP contribution in [0.25, 0.3) is 0 Å². The van der Waals surface area contributed by atoms with E-state index in [1.54, 1.807) is 0 Å². The van der Waals surface area contributed by atoms with Gasteiger partial charge in [0, 0.05) is 10.5 Å². The third kappa shape index (κ3) is 3.73. The van der Waals surface area contributed by atoms with Gasteiger partial charge in [0.15, 0.2) is 6.10 Å². The summed E-state index contributed by atoms with van der Waals surface area (Å²) in [6.07, 6.45) is -3.60. The van der Waals surface area contributed by atoms with Gasteiger partial charge in [0.25, 0.3) is 5.91 Å². The van der Waals surface area contributed by atoms with Crippen LogP contribution in [0.4, 0.5) is 0 Å². The number of carboxylic acid groups (broad SMARTS) is 1. The average molecular weight is 284 g/mol. The highest BCUT2D eigenvalue weighted by Gasteiger charge is 2.31. The lowest BCUT2D eigenvalue weighted by Crippen LogP contribution is -2.50. The van der Waals surface area contributed by atoms with Crippen molar-refractivity contribution < 1.29 is 29.8 Å². The first-order chi connectivity index (χ1) is 9.36. The summed E-state index contributed by atoms with van der Waals surface area (Å²) in [5.74, 6) is -2.04. The van der Waals surface area contributed by atoms with Gasteiger partial charge in [-0.25, -0.2) is 4.79 Å². The number of carbonyl (C=O) groups excluding carboxylic acids is 1. The number of nitrogens with zero attached hydrogens (tertiary/aromatic N) is 1. The van der Waals surface area contributed by atoms with E-state index in [0.29, 0.717) is 0 Å². The molecule has 9 nitrogen and oxygen atoms in total. The number of hydrogen-bond acceptors (Lipinski definition) is 6. The Morgan fingerprint density at radius 3 is 2.15 bits per heavy atom. The van der Waals surface area contributed by atoms with Gasteiger partial charge in [-0.1, -0.05) is 0 Å². The van der Waals surface area contributed by atoms with Gasteiger partial charge in [-0.15, -0.1) is 0 Å². The van der Waals surface area contributed by atoms with Crippen LogP contribution in [0.1, 0.15) is 20.7 Å². The highest BCUT2D eigenvalue weighted by atomic mass is 16.6. The van der Waals surface area contributed by atoms with Crippen molar-refractivity contribution in [2.45, 2.75) is 12.3 Å². The molecule has 0 aliphatic heterocycles. The summed E-state index contributed by atoms with van der Waals surface area (Å²) in [7, 11) is 0. The summed E-state index contributed by atoms with van der Waals surface area (Å²) in [6, 6.07) is 4.70. The molecule has 0 heterocycles. The highest BCUT2D eigenvalue weighted by molar-refractivity contribution is 5.95. The van der Waals surface area contributed by atoms with Crippen molar-refractivity contribution in [3.8, 4) is 0 Å². The third-order valence-corrected chi connectivity index (χ3v) is 2.45. The topological polar surface area (TPSA) is 150 Å². The van der Waals surface area contributed by atoms with Crippen molar-refractivity contribution in [1.82, 2.24) is 5.32 Å². The fourth-order valence-corrected chi connectivity index (χ4v) is 1.37. The molecule has 1 aromatic carbocycles. The Morgan fingerprint density at radius 1 is 1.25 bits per heavy atom. The molecular weight excluding hydrogens is 272 g/mol. The first-order valence-corrected chi connectivity index (χ1v) is 5.43. The number of aliphatic hydroxyl groups is 2. The van der Waals surface area contributed by atoms with Crippen LogP contribution in [-0.4, -0.2) is 51.0 Å². The molecule has 2 atom stereocenters. The number of rotatable bonds is 6. The predicted molar refractivity (Wildman–Crippen MR) is 64.7 cm³/mol. The number of carbonyl (C=O) groups is 2. The van der Waals surface area contributed by atoms with Crippen LogP contribution in [0, 0.1) is 10.1 Å². The van der Waals surface area contributed by atoms with Crippen LogP contribution in [0.15, 0.2) is 24.3 Å². The molecule has 1 aromatic rings. The van der Waals surface area contributed by atoms with Crippen molar-refractivity contribution in [2.24, 2.45) is 0 Å². The largest absolute Gasteiger partial charge is 0.478 e. The number of carboxylic acids is 1. The average Bonchev–Trinajstić information content (AvgIpc) is 2.43. The lowest BCUT2D eigenvalue weighted by atomic mass is 10.1. The SMILES string of the molecule is O=C(O)c1ccc(C(=O)NC(C(O)CO)[N+](=O)[O-])cc1. The molecule has 108 valence electrons. The molecule has 4 N–H and O–H groups in total. The van der Waals surface area contributed by atoms with Gasteiger partial charge in [-0.2, -0.15) is 0 Å². The summed E-state index contributed by atoms with van der Waals surface area (Å²) in [5.41, 5.74) is -0.0465. The Labute approximate surface area is 112 Å². The normalized spacial score (nSPS) is 13.3. The third-order valence-electron chi connectivity index (χ3n) is 2.45. The number of hydrogen-bond donors (Lipinski definition) is 4. The molecule has 0 fully saturated rings. The molecule has 0 spiro atoms. The summed E-state index contributed by atoms with van der Waals surface area (Å²) >= 11 is 0. The molecule has 0 saturated heterocycles. The second-order valence-corrected chi connectivity index (χ2v) is 3.84. The maximum Gasteiger partial charge on any atom is 0.335 e. The van der Waals surface area contributed by atoms with E-state index >= 15 is 0 Å². The number of aromatic carboxylic acids is 1. The fourth-order valence-electron chi connectivity index (χ4n) is 1.37. The number of benzene rings is 1. The van der Waals surface area contributed by atoms with Crippen LogP contribution in [-0.2, 0) is 0 Å². The summed E-state index contributed by atoms with van der Waals surface area (Å²) < 4.78 is 0. The van der Waals surface area contributed by atoms with Gasteiger partial charge in [-0.3, -0.25) is 20.2 Å². The van der Waals surface area contributed by atoms with Crippen LogP contribution in [0.3, 0.4) is 0 Å². The molecule has 0 aliphatic carbocycles. The summed E-state index contributed by atoms with van der Waals surface area (Å²) in [5, 5.41) is 39.2. The minimum absolute atomic E-state index is 0.00742. The summed E-state index contributed by atoms with van der Waals surface area (Å²) in [4.78, 5) is 32.0. The molecular formula is C11H12N2O7. The number of nitrogens with one attached hydrogen (secondary N) is 1. The zero-order valence-corrected chi connectivity index (χ0v) is 10.1. The zero-order valence-electron chi connectivity index (χ0n) is 10.1. The van der Waals surface area contributed by atoms with Crippen LogP contribution in [0.5, 0.6) is 0 Å². The molecule has 0 radical (unpaired) electrons. The Bertz CT molecular complexity index is 514. The van der Waals surface area contributed by atoms with E-state index in [1.165, 1.54) is 24.3 Å². The molecule has 0 aliphatic rings. The van der Waals surface area contributed by atoms with Crippen LogP contribution in [0.2, 0.25) is 0 Å². The van der Waals surface area contributed by atoms with Crippen molar-refractivity contribution in [1.29, 1.82) is 0 Å². The van der Waals surface area contributed by atoms with E-state index in [9.17, 15) is 24.8 Å². The van der Waals surface area contributed by atoms with Gasteiger partial charge in [0.1, 0.15) is 0 Å². The van der Waals surface area contributed by atoms with Gasteiger partial charge >= 0.3 is 12.1 Å². The molecule has 1 rings (SSSR count). The number of nitro groups is 1. The second kappa shape index (κ2) is 6.59. The van der Waals surface area contributed by atoms with Gasteiger partial charge in [-0.05, 0) is 24.3 Å². The highest BCUT2D eigenvalue weighted by Crippen LogP contribution is 2.05. The predicted octanol–water partition coefficient (Wildman–Crippen LogP) is -0.929. The van der Waals surface area contributed by atoms with E-state index in [0.717, 1.165) is 0 Å². The van der Waals surface area contributed by atoms with Gasteiger partial charge in [0.05, 0.1) is 12.2 Å². The smallest absolute Gasteiger partial charge is 0.335 e. The first kappa shape index (κ1) is 15.5. The van der Waals surface area contributed by atoms with E-state index in [2.05, 4.69) is 0 Å². The molecule has 1 amide bonds. The molecule has 0 saturated carbocycles. The molecule has 9 heteroatoms. The Kier molecular flexibility index (Phi) is 5.12. The zero-order chi connectivity index (χ0) is 15.3. The minimum Gasteiger partial charge on any atom is -0.478 e. The standard InChI is InChI=1S/C11H12N2O7/c14-5-8(15)9(13(19)20)12-10(16)6-1-3-7(4-2-6)11(17)18/h1-4,8-9,14-15H,5H2,(H,12,16)(H,17,18). The Morgan fingerprint density at radius 2 is 1.75 bits per heavy atom. The second-order valence-electron chi connectivity index (χ2n) is 3.84. The van der Waals surface area contributed by atoms with Gasteiger partial charge in [0.2, 0.25) is 0 Å².